The Hall–Kier alpha value is -4.54. The third-order valence-electron chi connectivity index (χ3n) is 8.15. The molecule has 0 aromatic heterocycles. The minimum atomic E-state index is -1.66. The first-order valence-electron chi connectivity index (χ1n) is 16.0. The Morgan fingerprint density at radius 3 is 1.65 bits per heavy atom. The van der Waals surface area contributed by atoms with Gasteiger partial charge in [-0.05, 0) is 34.2 Å². The summed E-state index contributed by atoms with van der Waals surface area (Å²) in [6.45, 7) is 1.07. The number of carbonyl (C=O) groups excluding carboxylic acids is 1. The van der Waals surface area contributed by atoms with Crippen LogP contribution < -0.4 is 0 Å². The highest BCUT2D eigenvalue weighted by Crippen LogP contribution is 2.41. The van der Waals surface area contributed by atoms with E-state index in [2.05, 4.69) is 10.0 Å². The van der Waals surface area contributed by atoms with E-state index >= 15 is 0 Å². The molecule has 0 spiro atoms. The van der Waals surface area contributed by atoms with Gasteiger partial charge < -0.3 is 28.4 Å². The number of hydrogen-bond acceptors (Lipinski definition) is 8. The molecule has 0 unspecified atom stereocenters. The normalized spacial score (nSPS) is 22.0. The number of hydrogen-bond donors (Lipinski definition) is 0. The van der Waals surface area contributed by atoms with E-state index in [1.165, 1.54) is 7.11 Å². The van der Waals surface area contributed by atoms with Crippen molar-refractivity contribution >= 4 is 5.97 Å². The fraction of sp³-hybridized carbons (Fsp3) is 0.342. The van der Waals surface area contributed by atoms with Gasteiger partial charge in [0, 0.05) is 11.3 Å². The Morgan fingerprint density at radius 1 is 0.708 bits per heavy atom. The van der Waals surface area contributed by atoms with Crippen molar-refractivity contribution in [3.8, 4) is 0 Å². The SMILES string of the molecule is COC(=O)CC[C@]1(N=[N+]=[N-])O[C@H](COCc2ccccc2)[C@@H](OCc2ccccc2)[C@H](OCc2ccccc2)[C@@H]1OCc1ccccc1. The zero-order chi connectivity index (χ0) is 33.4. The van der Waals surface area contributed by atoms with E-state index in [0.29, 0.717) is 6.61 Å². The van der Waals surface area contributed by atoms with Crippen molar-refractivity contribution in [3.63, 3.8) is 0 Å². The second-order valence-electron chi connectivity index (χ2n) is 11.5. The first-order chi connectivity index (χ1) is 23.6. The van der Waals surface area contributed by atoms with E-state index in [4.69, 9.17) is 28.4 Å². The van der Waals surface area contributed by atoms with Crippen molar-refractivity contribution in [3.05, 3.63) is 154 Å². The van der Waals surface area contributed by atoms with Crippen LogP contribution in [0.4, 0.5) is 0 Å². The van der Waals surface area contributed by atoms with E-state index in [9.17, 15) is 10.3 Å². The average Bonchev–Trinajstić information content (AvgIpc) is 3.14. The van der Waals surface area contributed by atoms with Crippen molar-refractivity contribution in [1.82, 2.24) is 0 Å². The highest BCUT2D eigenvalue weighted by atomic mass is 16.6. The molecule has 10 heteroatoms. The van der Waals surface area contributed by atoms with E-state index in [-0.39, 0.29) is 39.3 Å². The molecular formula is C38H41N3O7. The van der Waals surface area contributed by atoms with Crippen molar-refractivity contribution in [2.45, 2.75) is 69.4 Å². The maximum absolute atomic E-state index is 12.5. The summed E-state index contributed by atoms with van der Waals surface area (Å²) >= 11 is 0. The molecule has 250 valence electrons. The molecule has 0 amide bonds. The molecule has 5 atom stereocenters. The van der Waals surface area contributed by atoms with Crippen LogP contribution in [0.3, 0.4) is 0 Å². The second kappa shape index (κ2) is 18.1. The molecule has 0 N–H and O–H groups in total. The molecule has 4 aromatic carbocycles. The van der Waals surface area contributed by atoms with Crippen LogP contribution in [0.15, 0.2) is 126 Å². The number of azide groups is 1. The van der Waals surface area contributed by atoms with Crippen LogP contribution in [0.2, 0.25) is 0 Å². The van der Waals surface area contributed by atoms with E-state index in [1.807, 2.05) is 121 Å². The largest absolute Gasteiger partial charge is 0.469 e. The summed E-state index contributed by atoms with van der Waals surface area (Å²) < 4.78 is 37.9. The standard InChI is InChI=1S/C38H41N3O7/c1-43-34(42)22-23-38(40-41-39)37(47-27-32-20-12-5-13-21-32)36(46-26-31-18-10-4-11-19-31)35(45-25-30-16-8-3-9-17-30)33(48-38)28-44-24-29-14-6-2-7-15-29/h2-21,33,35-37H,22-28H2,1H3/t33-,35-,36+,37+,38+/m1/s1. The fourth-order valence-corrected chi connectivity index (χ4v) is 5.73. The Bertz CT molecular complexity index is 1570. The third kappa shape index (κ3) is 9.74. The predicted octanol–water partition coefficient (Wildman–Crippen LogP) is 7.32. The molecule has 1 heterocycles. The highest BCUT2D eigenvalue weighted by Gasteiger charge is 2.56. The number of carbonyl (C=O) groups is 1. The number of methoxy groups -OCH3 is 1. The van der Waals surface area contributed by atoms with Crippen LogP contribution in [-0.2, 0) is 59.6 Å². The van der Waals surface area contributed by atoms with Gasteiger partial charge in [-0.3, -0.25) is 4.79 Å². The third-order valence-corrected chi connectivity index (χ3v) is 8.15. The quantitative estimate of drug-likeness (QED) is 0.0508. The summed E-state index contributed by atoms with van der Waals surface area (Å²) in [5, 5.41) is 4.22. The molecule has 4 aromatic rings. The molecule has 5 rings (SSSR count). The number of rotatable bonds is 17. The van der Waals surface area contributed by atoms with Crippen LogP contribution in [0, 0.1) is 0 Å². The maximum atomic E-state index is 12.5. The lowest BCUT2D eigenvalue weighted by atomic mass is 9.87. The summed E-state index contributed by atoms with van der Waals surface area (Å²) in [6, 6.07) is 39.0. The smallest absolute Gasteiger partial charge is 0.305 e. The van der Waals surface area contributed by atoms with Crippen molar-refractivity contribution in [1.29, 1.82) is 0 Å². The summed E-state index contributed by atoms with van der Waals surface area (Å²) in [4.78, 5) is 15.7. The molecule has 1 aliphatic heterocycles. The number of nitrogens with zero attached hydrogens (tertiary/aromatic N) is 3. The van der Waals surface area contributed by atoms with Gasteiger partial charge in [0.15, 0.2) is 5.72 Å². The molecule has 10 nitrogen and oxygen atoms in total. The van der Waals surface area contributed by atoms with Crippen LogP contribution in [0.25, 0.3) is 10.4 Å². The monoisotopic (exact) mass is 651 g/mol. The molecule has 1 fully saturated rings. The van der Waals surface area contributed by atoms with Crippen molar-refractivity contribution in [2.75, 3.05) is 13.7 Å². The lowest BCUT2D eigenvalue weighted by Crippen LogP contribution is -2.66. The van der Waals surface area contributed by atoms with Crippen molar-refractivity contribution in [2.24, 2.45) is 5.11 Å². The minimum Gasteiger partial charge on any atom is -0.469 e. The zero-order valence-electron chi connectivity index (χ0n) is 27.0. The minimum absolute atomic E-state index is 0.0189. The van der Waals surface area contributed by atoms with E-state index < -0.39 is 36.1 Å². The highest BCUT2D eigenvalue weighted by molar-refractivity contribution is 5.69. The van der Waals surface area contributed by atoms with Crippen LogP contribution in [-0.4, -0.2) is 49.8 Å². The van der Waals surface area contributed by atoms with Gasteiger partial charge in [0.25, 0.3) is 0 Å². The van der Waals surface area contributed by atoms with E-state index in [1.54, 1.807) is 0 Å². The number of ether oxygens (including phenoxy) is 6. The van der Waals surface area contributed by atoms with Gasteiger partial charge in [-0.25, -0.2) is 0 Å². The zero-order valence-corrected chi connectivity index (χ0v) is 27.0. The lowest BCUT2D eigenvalue weighted by molar-refractivity contribution is -0.308. The summed E-state index contributed by atoms with van der Waals surface area (Å²) in [5.41, 5.74) is 12.1. The molecular weight excluding hydrogens is 610 g/mol. The molecule has 48 heavy (non-hydrogen) atoms. The van der Waals surface area contributed by atoms with Crippen LogP contribution in [0.5, 0.6) is 0 Å². The predicted molar refractivity (Wildman–Crippen MR) is 179 cm³/mol. The summed E-state index contributed by atoms with van der Waals surface area (Å²) in [5.74, 6) is -0.478. The van der Waals surface area contributed by atoms with E-state index in [0.717, 1.165) is 22.3 Å². The maximum Gasteiger partial charge on any atom is 0.305 e. The molecule has 0 radical (unpaired) electrons. The van der Waals surface area contributed by atoms with Gasteiger partial charge in [0.2, 0.25) is 0 Å². The summed E-state index contributed by atoms with van der Waals surface area (Å²) in [6.07, 6.45) is -3.37. The van der Waals surface area contributed by atoms with Gasteiger partial charge >= 0.3 is 5.97 Å². The van der Waals surface area contributed by atoms with Gasteiger partial charge in [0.05, 0.1) is 40.1 Å². The first-order valence-corrected chi connectivity index (χ1v) is 16.0. The Kier molecular flexibility index (Phi) is 13.1. The van der Waals surface area contributed by atoms with Crippen molar-refractivity contribution < 1.29 is 33.2 Å². The number of benzene rings is 4. The van der Waals surface area contributed by atoms with Crippen LogP contribution in [0.1, 0.15) is 35.1 Å². The second-order valence-corrected chi connectivity index (χ2v) is 11.5. The Balaban J connectivity index is 1.53. The lowest BCUT2D eigenvalue weighted by Gasteiger charge is -2.51. The molecule has 1 saturated heterocycles. The first kappa shape index (κ1) is 34.8. The van der Waals surface area contributed by atoms with Gasteiger partial charge in [-0.1, -0.05) is 126 Å². The van der Waals surface area contributed by atoms with Gasteiger partial charge in [0.1, 0.15) is 24.4 Å². The van der Waals surface area contributed by atoms with Gasteiger partial charge in [-0.15, -0.1) is 0 Å². The molecule has 0 saturated carbocycles. The molecule has 0 bridgehead atoms. The molecule has 1 aliphatic rings. The Morgan fingerprint density at radius 2 is 1.17 bits per heavy atom. The topological polar surface area (TPSA) is 121 Å². The average molecular weight is 652 g/mol. The summed E-state index contributed by atoms with van der Waals surface area (Å²) in [7, 11) is 1.31. The Labute approximate surface area is 281 Å². The van der Waals surface area contributed by atoms with Crippen LogP contribution >= 0.6 is 0 Å². The number of esters is 1. The fourth-order valence-electron chi connectivity index (χ4n) is 5.73. The van der Waals surface area contributed by atoms with Gasteiger partial charge in [-0.2, -0.15) is 0 Å². The molecule has 0 aliphatic carbocycles.